The van der Waals surface area contributed by atoms with E-state index in [1.165, 1.54) is 15.5 Å². The molecular weight excluding hydrogens is 797 g/mol. The number of carbonyl (C=O) groups is 3. The van der Waals surface area contributed by atoms with Crippen LogP contribution in [-0.2, 0) is 43.5 Å². The highest BCUT2D eigenvalue weighted by Crippen LogP contribution is 2.45. The lowest BCUT2D eigenvalue weighted by molar-refractivity contribution is -0.132. The smallest absolute Gasteiger partial charge is 0.274 e. The Kier molecular flexibility index (Phi) is 14.4. The number of fused-ring (bicyclic) bond motifs is 2. The molecule has 1 atom stereocenters. The molecule has 1 aromatic carbocycles. The number of anilines is 2. The molecule has 0 saturated carbocycles. The number of benzene rings is 1. The second-order valence-electron chi connectivity index (χ2n) is 16.2. The van der Waals surface area contributed by atoms with Crippen LogP contribution in [0.2, 0.25) is 0 Å². The maximum Gasteiger partial charge on any atom is 0.274 e. The summed E-state index contributed by atoms with van der Waals surface area (Å²) in [5.74, 6) is -3.14. The van der Waals surface area contributed by atoms with Gasteiger partial charge in [-0.3, -0.25) is 19.2 Å². The number of aromatic nitrogens is 3. The fourth-order valence-electron chi connectivity index (χ4n) is 8.09. The van der Waals surface area contributed by atoms with Crippen molar-refractivity contribution < 1.29 is 36.3 Å². The number of rotatable bonds is 19. The summed E-state index contributed by atoms with van der Waals surface area (Å²) >= 11 is 0. The van der Waals surface area contributed by atoms with Gasteiger partial charge in [-0.1, -0.05) is 38.5 Å². The molecule has 1 saturated heterocycles. The van der Waals surface area contributed by atoms with Crippen LogP contribution in [0.25, 0.3) is 22.0 Å². The number of nitrogens with one attached hydrogen (secondary N) is 3. The van der Waals surface area contributed by atoms with Gasteiger partial charge < -0.3 is 34.7 Å². The molecule has 5 heterocycles. The van der Waals surface area contributed by atoms with E-state index in [4.69, 9.17) is 4.74 Å². The molecule has 60 heavy (non-hydrogen) atoms. The van der Waals surface area contributed by atoms with E-state index in [2.05, 4.69) is 20.6 Å². The van der Waals surface area contributed by atoms with Gasteiger partial charge in [-0.15, -0.1) is 0 Å². The second-order valence-corrected chi connectivity index (χ2v) is 18.4. The Morgan fingerprint density at radius 1 is 1.00 bits per heavy atom. The largest absolute Gasteiger partial charge is 0.374 e. The van der Waals surface area contributed by atoms with Gasteiger partial charge in [-0.25, -0.2) is 22.2 Å². The molecule has 324 valence electrons. The van der Waals surface area contributed by atoms with E-state index in [0.717, 1.165) is 69.9 Å². The number of pyridine rings is 2. The van der Waals surface area contributed by atoms with E-state index in [1.807, 2.05) is 13.8 Å². The molecule has 6 rings (SSSR count). The first-order chi connectivity index (χ1) is 28.6. The van der Waals surface area contributed by atoms with Crippen molar-refractivity contribution in [1.82, 2.24) is 30.1 Å². The van der Waals surface area contributed by atoms with Crippen molar-refractivity contribution in [3.05, 3.63) is 75.5 Å². The van der Waals surface area contributed by atoms with Crippen LogP contribution in [0.5, 0.6) is 0 Å². The molecular formula is C43H55F2N7O7S. The number of unbranched alkanes of at least 4 members (excludes halogenated alkanes) is 7. The number of aryl methyl sites for hydroxylation is 1. The van der Waals surface area contributed by atoms with Crippen LogP contribution in [0.1, 0.15) is 99.5 Å². The van der Waals surface area contributed by atoms with Gasteiger partial charge >= 0.3 is 0 Å². The monoisotopic (exact) mass is 851 g/mol. The first kappa shape index (κ1) is 44.4. The number of halogens is 2. The van der Waals surface area contributed by atoms with Crippen molar-refractivity contribution in [3.8, 4) is 11.1 Å². The van der Waals surface area contributed by atoms with E-state index in [1.54, 1.807) is 30.4 Å². The zero-order valence-corrected chi connectivity index (χ0v) is 35.6. The highest BCUT2D eigenvalue weighted by Gasteiger charge is 2.31. The van der Waals surface area contributed by atoms with E-state index in [9.17, 15) is 32.0 Å². The number of aromatic amines is 1. The summed E-state index contributed by atoms with van der Waals surface area (Å²) in [7, 11) is -2.04. The predicted octanol–water partition coefficient (Wildman–Crippen LogP) is 5.79. The third kappa shape index (κ3) is 11.0. The lowest BCUT2D eigenvalue weighted by Crippen LogP contribution is -2.39. The van der Waals surface area contributed by atoms with Gasteiger partial charge in [0.05, 0.1) is 42.9 Å². The van der Waals surface area contributed by atoms with Gasteiger partial charge in [-0.05, 0) is 56.4 Å². The quantitative estimate of drug-likeness (QED) is 0.0988. The first-order valence-electron chi connectivity index (χ1n) is 20.7. The SMILES string of the molecule is CC(C)OC1CCN(C(=O)CNC(=O)CCCCCCCCCCNC(=O)c2cc3c(cc2CS(C)(=O)=O)-c2cn(C)c(=O)c4[nH]cc(c24)CN3c2ncc(F)cc2F)C1. The minimum absolute atomic E-state index is 0.00825. The van der Waals surface area contributed by atoms with Gasteiger partial charge in [0, 0.05) is 79.9 Å². The fraction of sp³-hybridized carbons (Fsp3) is 0.512. The molecule has 2 aliphatic rings. The minimum Gasteiger partial charge on any atom is -0.374 e. The van der Waals surface area contributed by atoms with Crippen molar-refractivity contribution >= 4 is 50.0 Å². The molecule has 3 amide bonds. The molecule has 17 heteroatoms. The lowest BCUT2D eigenvalue weighted by atomic mass is 9.96. The van der Waals surface area contributed by atoms with Gasteiger partial charge in [0.2, 0.25) is 11.8 Å². The molecule has 14 nitrogen and oxygen atoms in total. The van der Waals surface area contributed by atoms with Crippen molar-refractivity contribution in [2.75, 3.05) is 37.3 Å². The van der Waals surface area contributed by atoms with Crippen LogP contribution in [0, 0.1) is 11.6 Å². The van der Waals surface area contributed by atoms with Gasteiger partial charge in [0.1, 0.15) is 11.3 Å². The van der Waals surface area contributed by atoms with Gasteiger partial charge in [-0.2, -0.15) is 0 Å². The van der Waals surface area contributed by atoms with E-state index < -0.39 is 33.1 Å². The average Bonchev–Trinajstić information content (AvgIpc) is 3.80. The number of H-pyrrole nitrogens is 1. The molecule has 3 aromatic heterocycles. The van der Waals surface area contributed by atoms with Crippen molar-refractivity contribution in [3.63, 3.8) is 0 Å². The summed E-state index contributed by atoms with van der Waals surface area (Å²) in [5.41, 5.74) is 2.35. The van der Waals surface area contributed by atoms with Crippen LogP contribution < -0.4 is 21.1 Å². The van der Waals surface area contributed by atoms with Crippen LogP contribution in [0.15, 0.2) is 41.6 Å². The summed E-state index contributed by atoms with van der Waals surface area (Å²) in [6.07, 6.45) is 13.8. The molecule has 0 radical (unpaired) electrons. The summed E-state index contributed by atoms with van der Waals surface area (Å²) in [6, 6.07) is 3.85. The van der Waals surface area contributed by atoms with Gasteiger partial charge in [0.15, 0.2) is 21.5 Å². The molecule has 1 unspecified atom stereocenters. The minimum atomic E-state index is -3.63. The van der Waals surface area contributed by atoms with Crippen molar-refractivity contribution in [1.29, 1.82) is 0 Å². The Morgan fingerprint density at radius 2 is 1.72 bits per heavy atom. The highest BCUT2D eigenvalue weighted by molar-refractivity contribution is 7.89. The molecule has 1 fully saturated rings. The molecule has 4 aromatic rings. The number of likely N-dealkylation sites (tertiary alicyclic amines) is 1. The van der Waals surface area contributed by atoms with E-state index >= 15 is 4.39 Å². The van der Waals surface area contributed by atoms with Crippen molar-refractivity contribution in [2.45, 2.75) is 103 Å². The van der Waals surface area contributed by atoms with Crippen LogP contribution in [-0.4, -0.2) is 90.2 Å². The van der Waals surface area contributed by atoms with E-state index in [-0.39, 0.29) is 59.6 Å². The first-order valence-corrected chi connectivity index (χ1v) is 22.8. The molecule has 3 N–H and O–H groups in total. The third-order valence-electron chi connectivity index (χ3n) is 10.9. The number of ether oxygens (including phenoxy) is 1. The molecule has 0 aliphatic carbocycles. The fourth-order valence-corrected chi connectivity index (χ4v) is 8.90. The third-order valence-corrected chi connectivity index (χ3v) is 11.8. The maximum absolute atomic E-state index is 15.4. The molecule has 0 spiro atoms. The topological polar surface area (TPSA) is 176 Å². The Morgan fingerprint density at radius 3 is 2.42 bits per heavy atom. The summed E-state index contributed by atoms with van der Waals surface area (Å²) in [5, 5.41) is 6.25. The Balaban J connectivity index is 1.01. The van der Waals surface area contributed by atoms with E-state index in [0.29, 0.717) is 65.8 Å². The zero-order valence-electron chi connectivity index (χ0n) is 34.7. The number of hydrogen-bond acceptors (Lipinski definition) is 9. The molecule has 2 aliphatic heterocycles. The Labute approximate surface area is 349 Å². The number of sulfone groups is 1. The average molecular weight is 852 g/mol. The summed E-state index contributed by atoms with van der Waals surface area (Å²) < 4.78 is 62.0. The number of amides is 3. The highest BCUT2D eigenvalue weighted by atomic mass is 32.2. The predicted molar refractivity (Wildman–Crippen MR) is 226 cm³/mol. The number of carbonyl (C=O) groups excluding carboxylic acids is 3. The van der Waals surface area contributed by atoms with Crippen LogP contribution in [0.3, 0.4) is 0 Å². The standard InChI is InChI=1S/C43H55F2N7O7S/c1-27(2)59-31-14-16-51(24-31)38(54)22-47-37(53)13-11-9-7-5-6-8-10-12-15-46-42(55)32-19-36-33(17-28(32)26-60(4,57)58)34-25-50(3)43(56)40-39(34)29(20-48-40)23-52(36)41-35(45)18-30(44)21-49-41/h17-21,25,27,31,48H,5-16,22-24,26H2,1-4H3,(H,46,55)(H,47,53). The van der Waals surface area contributed by atoms with Crippen LogP contribution >= 0.6 is 0 Å². The second kappa shape index (κ2) is 19.5. The Bertz CT molecular complexity index is 2400. The maximum atomic E-state index is 15.4. The van der Waals surface area contributed by atoms with Gasteiger partial charge in [0.25, 0.3) is 11.5 Å². The zero-order chi connectivity index (χ0) is 43.1. The lowest BCUT2D eigenvalue weighted by Gasteiger charge is -2.26. The summed E-state index contributed by atoms with van der Waals surface area (Å²) in [4.78, 5) is 62.0. The number of nitrogens with zero attached hydrogens (tertiary/aromatic N) is 4. The number of hydrogen-bond donors (Lipinski definition) is 3. The Hall–Kier alpha value is -5.16. The summed E-state index contributed by atoms with van der Waals surface area (Å²) in [6.45, 7) is 5.53. The van der Waals surface area contributed by atoms with Crippen molar-refractivity contribution in [2.24, 2.45) is 7.05 Å². The molecule has 0 bridgehead atoms. The normalized spacial score (nSPS) is 15.1. The van der Waals surface area contributed by atoms with Crippen LogP contribution in [0.4, 0.5) is 20.3 Å².